The largest absolute Gasteiger partial charge is 0.468 e. The van der Waals surface area contributed by atoms with Crippen molar-refractivity contribution in [2.75, 3.05) is 7.11 Å². The fourth-order valence-corrected chi connectivity index (χ4v) is 2.77. The van der Waals surface area contributed by atoms with Crippen LogP contribution in [0.3, 0.4) is 0 Å². The van der Waals surface area contributed by atoms with Crippen LogP contribution in [0.2, 0.25) is 0 Å². The molecule has 3 rings (SSSR count). The number of halogens is 1. The molecular weight excluding hydrogens is 259 g/mol. The van der Waals surface area contributed by atoms with E-state index in [1.807, 2.05) is 18.4 Å². The summed E-state index contributed by atoms with van der Waals surface area (Å²) in [5.74, 6) is 0.142. The van der Waals surface area contributed by atoms with Crippen LogP contribution in [0.25, 0.3) is 11.0 Å². The highest BCUT2D eigenvalue weighted by molar-refractivity contribution is 5.87. The molecule has 20 heavy (non-hydrogen) atoms. The summed E-state index contributed by atoms with van der Waals surface area (Å²) in [6, 6.07) is 4.61. The van der Waals surface area contributed by atoms with Crippen molar-refractivity contribution >= 4 is 17.0 Å². The van der Waals surface area contributed by atoms with Crippen LogP contribution in [-0.2, 0) is 14.9 Å². The number of carbonyl (C=O) groups excluding carboxylic acids is 1. The molecule has 1 saturated carbocycles. The van der Waals surface area contributed by atoms with Crippen LogP contribution >= 0.6 is 0 Å². The molecule has 2 aromatic rings. The number of carbonyl (C=O) groups is 1. The van der Waals surface area contributed by atoms with E-state index in [-0.39, 0.29) is 17.8 Å². The maximum Gasteiger partial charge on any atom is 0.319 e. The molecular formula is C15H17FN2O2. The number of hydrogen-bond donors (Lipinski definition) is 0. The minimum absolute atomic E-state index is 0.0962. The second kappa shape index (κ2) is 4.30. The summed E-state index contributed by atoms with van der Waals surface area (Å²) in [4.78, 5) is 16.6. The predicted molar refractivity (Wildman–Crippen MR) is 73.0 cm³/mol. The third kappa shape index (κ3) is 1.72. The monoisotopic (exact) mass is 276 g/mol. The zero-order chi connectivity index (χ0) is 14.5. The molecule has 4 nitrogen and oxygen atoms in total. The van der Waals surface area contributed by atoms with Gasteiger partial charge in [-0.3, -0.25) is 4.79 Å². The van der Waals surface area contributed by atoms with Crippen molar-refractivity contribution in [2.24, 2.45) is 0 Å². The molecule has 1 fully saturated rings. The quantitative estimate of drug-likeness (QED) is 0.810. The van der Waals surface area contributed by atoms with Gasteiger partial charge in [0, 0.05) is 6.04 Å². The van der Waals surface area contributed by atoms with Crippen molar-refractivity contribution in [3.63, 3.8) is 0 Å². The molecule has 1 aromatic carbocycles. The first kappa shape index (κ1) is 13.1. The Hall–Kier alpha value is -1.91. The fourth-order valence-electron chi connectivity index (χ4n) is 2.77. The number of ether oxygens (including phenoxy) is 1. The minimum Gasteiger partial charge on any atom is -0.468 e. The standard InChI is InChI=1S/C15H17FN2O2/c1-9(2)18-12-8-10(16)4-5-11(12)17-13(18)15(6-7-15)14(19)20-3/h4-5,8-9H,6-7H2,1-3H3. The molecule has 106 valence electrons. The van der Waals surface area contributed by atoms with E-state index in [1.165, 1.54) is 19.2 Å². The molecule has 5 heteroatoms. The van der Waals surface area contributed by atoms with Crippen LogP contribution < -0.4 is 0 Å². The third-order valence-electron chi connectivity index (χ3n) is 3.92. The summed E-state index contributed by atoms with van der Waals surface area (Å²) in [6.45, 7) is 4.01. The van der Waals surface area contributed by atoms with Gasteiger partial charge in [0.15, 0.2) is 0 Å². The Morgan fingerprint density at radius 1 is 1.45 bits per heavy atom. The number of rotatable bonds is 3. The summed E-state index contributed by atoms with van der Waals surface area (Å²) in [5, 5.41) is 0. The van der Waals surface area contributed by atoms with Gasteiger partial charge in [-0.05, 0) is 44.9 Å². The van der Waals surface area contributed by atoms with Gasteiger partial charge in [-0.1, -0.05) is 0 Å². The first-order chi connectivity index (χ1) is 9.49. The first-order valence-electron chi connectivity index (χ1n) is 6.76. The normalized spacial score (nSPS) is 16.6. The highest BCUT2D eigenvalue weighted by atomic mass is 19.1. The van der Waals surface area contributed by atoms with Gasteiger partial charge in [-0.15, -0.1) is 0 Å². The van der Waals surface area contributed by atoms with E-state index < -0.39 is 5.41 Å². The summed E-state index contributed by atoms with van der Waals surface area (Å²) >= 11 is 0. The Morgan fingerprint density at radius 2 is 2.15 bits per heavy atom. The van der Waals surface area contributed by atoms with E-state index in [1.54, 1.807) is 6.07 Å². The summed E-state index contributed by atoms with van der Waals surface area (Å²) < 4.78 is 20.4. The maximum atomic E-state index is 13.5. The third-order valence-corrected chi connectivity index (χ3v) is 3.92. The predicted octanol–water partition coefficient (Wildman–Crippen LogP) is 2.96. The Bertz CT molecular complexity index is 686. The van der Waals surface area contributed by atoms with E-state index in [0.717, 1.165) is 18.4 Å². The molecule has 1 aliphatic rings. The average molecular weight is 276 g/mol. The average Bonchev–Trinajstić information content (AvgIpc) is 3.13. The highest BCUT2D eigenvalue weighted by Crippen LogP contribution is 2.50. The van der Waals surface area contributed by atoms with Crippen molar-refractivity contribution in [2.45, 2.75) is 38.1 Å². The van der Waals surface area contributed by atoms with Crippen molar-refractivity contribution in [1.82, 2.24) is 9.55 Å². The molecule has 1 heterocycles. The van der Waals surface area contributed by atoms with E-state index in [2.05, 4.69) is 4.98 Å². The van der Waals surface area contributed by atoms with Crippen molar-refractivity contribution in [3.8, 4) is 0 Å². The smallest absolute Gasteiger partial charge is 0.319 e. The Kier molecular flexibility index (Phi) is 2.81. The lowest BCUT2D eigenvalue weighted by atomic mass is 10.1. The Balaban J connectivity index is 2.26. The number of aromatic nitrogens is 2. The van der Waals surface area contributed by atoms with Crippen LogP contribution in [-0.4, -0.2) is 22.6 Å². The number of esters is 1. The van der Waals surface area contributed by atoms with Crippen LogP contribution in [0.4, 0.5) is 4.39 Å². The number of benzene rings is 1. The molecule has 0 bridgehead atoms. The van der Waals surface area contributed by atoms with Crippen LogP contribution in [0.1, 0.15) is 38.6 Å². The summed E-state index contributed by atoms with van der Waals surface area (Å²) in [6.07, 6.45) is 1.47. The zero-order valence-corrected chi connectivity index (χ0v) is 11.8. The van der Waals surface area contributed by atoms with Gasteiger partial charge in [0.1, 0.15) is 17.1 Å². The number of methoxy groups -OCH3 is 1. The van der Waals surface area contributed by atoms with Gasteiger partial charge in [0.25, 0.3) is 0 Å². The van der Waals surface area contributed by atoms with Gasteiger partial charge < -0.3 is 9.30 Å². The summed E-state index contributed by atoms with van der Waals surface area (Å²) in [5.41, 5.74) is 0.796. The van der Waals surface area contributed by atoms with Gasteiger partial charge in [-0.2, -0.15) is 0 Å². The number of imidazole rings is 1. The van der Waals surface area contributed by atoms with E-state index in [4.69, 9.17) is 4.74 Å². The van der Waals surface area contributed by atoms with Gasteiger partial charge in [0.2, 0.25) is 0 Å². The topological polar surface area (TPSA) is 44.1 Å². The highest BCUT2D eigenvalue weighted by Gasteiger charge is 2.56. The van der Waals surface area contributed by atoms with Crippen molar-refractivity contribution in [3.05, 3.63) is 29.8 Å². The zero-order valence-electron chi connectivity index (χ0n) is 11.8. The fraction of sp³-hybridized carbons (Fsp3) is 0.467. The molecule has 1 aromatic heterocycles. The Morgan fingerprint density at radius 3 is 2.70 bits per heavy atom. The minimum atomic E-state index is -0.644. The number of fused-ring (bicyclic) bond motifs is 1. The Labute approximate surface area is 116 Å². The number of hydrogen-bond acceptors (Lipinski definition) is 3. The lowest BCUT2D eigenvalue weighted by Gasteiger charge is -2.18. The van der Waals surface area contributed by atoms with Crippen LogP contribution in [0.15, 0.2) is 18.2 Å². The first-order valence-corrected chi connectivity index (χ1v) is 6.76. The van der Waals surface area contributed by atoms with E-state index in [9.17, 15) is 9.18 Å². The lowest BCUT2D eigenvalue weighted by Crippen LogP contribution is -2.26. The van der Waals surface area contributed by atoms with E-state index in [0.29, 0.717) is 11.3 Å². The SMILES string of the molecule is COC(=O)C1(c2nc3ccc(F)cc3n2C(C)C)CC1. The van der Waals surface area contributed by atoms with E-state index >= 15 is 0 Å². The molecule has 0 aliphatic heterocycles. The van der Waals surface area contributed by atoms with Crippen molar-refractivity contribution < 1.29 is 13.9 Å². The molecule has 0 saturated heterocycles. The maximum absolute atomic E-state index is 13.5. The molecule has 0 radical (unpaired) electrons. The molecule has 0 N–H and O–H groups in total. The molecule has 0 amide bonds. The van der Waals surface area contributed by atoms with Gasteiger partial charge in [-0.25, -0.2) is 9.37 Å². The van der Waals surface area contributed by atoms with Crippen LogP contribution in [0, 0.1) is 5.82 Å². The molecule has 0 spiro atoms. The lowest BCUT2D eigenvalue weighted by molar-refractivity contribution is -0.144. The molecule has 1 aliphatic carbocycles. The van der Waals surface area contributed by atoms with Crippen molar-refractivity contribution in [1.29, 1.82) is 0 Å². The summed E-state index contributed by atoms with van der Waals surface area (Å²) in [7, 11) is 1.39. The van der Waals surface area contributed by atoms with Gasteiger partial charge in [0.05, 0.1) is 18.1 Å². The second-order valence-electron chi connectivity index (χ2n) is 5.61. The number of nitrogens with zero attached hydrogens (tertiary/aromatic N) is 2. The second-order valence-corrected chi connectivity index (χ2v) is 5.61. The molecule has 0 unspecified atom stereocenters. The van der Waals surface area contributed by atoms with Gasteiger partial charge >= 0.3 is 5.97 Å². The molecule has 0 atom stereocenters. The van der Waals surface area contributed by atoms with Crippen LogP contribution in [0.5, 0.6) is 0 Å².